The van der Waals surface area contributed by atoms with Crippen LogP contribution in [0.25, 0.3) is 22.9 Å². The Morgan fingerprint density at radius 3 is 1.80 bits per heavy atom. The number of benzene rings is 2. The molecule has 0 aliphatic carbocycles. The van der Waals surface area contributed by atoms with Gasteiger partial charge in [-0.05, 0) is 57.0 Å². The molecule has 0 spiro atoms. The molecular formula is C14H10S. The molecule has 1 heterocycles. The first-order chi connectivity index (χ1) is 7.43. The second kappa shape index (κ2) is 3.59. The molecule has 0 amide bonds. The molecule has 1 heteroatoms. The third-order valence-electron chi connectivity index (χ3n) is 2.60. The van der Waals surface area contributed by atoms with Crippen molar-refractivity contribution >= 4 is 34.7 Å². The van der Waals surface area contributed by atoms with Crippen LogP contribution >= 0.6 is 11.8 Å². The van der Waals surface area contributed by atoms with Gasteiger partial charge in [0.25, 0.3) is 0 Å². The minimum absolute atomic E-state index is 1.30. The molecule has 3 rings (SSSR count). The molecule has 15 heavy (non-hydrogen) atoms. The summed E-state index contributed by atoms with van der Waals surface area (Å²) in [6.45, 7) is 0. The maximum atomic E-state index is 2.25. The molecule has 0 fully saturated rings. The van der Waals surface area contributed by atoms with Crippen molar-refractivity contribution in [1.29, 1.82) is 0 Å². The average molecular weight is 210 g/mol. The molecule has 2 aromatic carbocycles. The molecule has 72 valence electrons. The van der Waals surface area contributed by atoms with E-state index >= 15 is 0 Å². The van der Waals surface area contributed by atoms with Crippen LogP contribution in [0.3, 0.4) is 0 Å². The minimum Gasteiger partial charge on any atom is -0.106 e. The molecule has 0 atom stereocenters. The van der Waals surface area contributed by atoms with Crippen LogP contribution in [0.15, 0.2) is 47.2 Å². The summed E-state index contributed by atoms with van der Waals surface area (Å²) in [5.74, 6) is 0. The van der Waals surface area contributed by atoms with E-state index in [0.717, 1.165) is 0 Å². The maximum Gasteiger partial charge on any atom is -0.0172 e. The van der Waals surface area contributed by atoms with Gasteiger partial charge in [0, 0.05) is 0 Å². The first kappa shape index (κ1) is 8.81. The molecule has 0 saturated carbocycles. The van der Waals surface area contributed by atoms with Gasteiger partial charge in [-0.25, -0.2) is 0 Å². The predicted molar refractivity (Wildman–Crippen MR) is 69.6 cm³/mol. The zero-order valence-electron chi connectivity index (χ0n) is 8.18. The summed E-state index contributed by atoms with van der Waals surface area (Å²) < 4.78 is 0. The van der Waals surface area contributed by atoms with E-state index < -0.39 is 0 Å². The van der Waals surface area contributed by atoms with Crippen LogP contribution in [0, 0.1) is 0 Å². The molecule has 0 nitrogen and oxygen atoms in total. The summed E-state index contributed by atoms with van der Waals surface area (Å²) in [7, 11) is 0. The highest BCUT2D eigenvalue weighted by atomic mass is 32.2. The Hall–Kier alpha value is -1.47. The van der Waals surface area contributed by atoms with Crippen LogP contribution in [0.2, 0.25) is 0 Å². The highest BCUT2D eigenvalue weighted by molar-refractivity contribution is 8.05. The summed E-state index contributed by atoms with van der Waals surface area (Å²) in [6.07, 6.45) is 4.35. The van der Waals surface area contributed by atoms with Crippen LogP contribution in [-0.4, -0.2) is 0 Å². The lowest BCUT2D eigenvalue weighted by Crippen LogP contribution is -1.81. The largest absolute Gasteiger partial charge is 0.106 e. The van der Waals surface area contributed by atoms with Gasteiger partial charge < -0.3 is 0 Å². The Morgan fingerprint density at radius 2 is 1.27 bits per heavy atom. The second-order valence-corrected chi connectivity index (χ2v) is 4.39. The topological polar surface area (TPSA) is 0 Å². The van der Waals surface area contributed by atoms with Crippen molar-refractivity contribution in [2.75, 3.05) is 0 Å². The van der Waals surface area contributed by atoms with Crippen molar-refractivity contribution in [3.63, 3.8) is 0 Å². The van der Waals surface area contributed by atoms with E-state index in [4.69, 9.17) is 0 Å². The third kappa shape index (κ3) is 1.59. The van der Waals surface area contributed by atoms with Crippen molar-refractivity contribution < 1.29 is 0 Å². The fourth-order valence-corrected chi connectivity index (χ4v) is 2.38. The number of fused-ring (bicyclic) bond motifs is 2. The summed E-state index contributed by atoms with van der Waals surface area (Å²) in [6, 6.07) is 13.0. The smallest absolute Gasteiger partial charge is 0.0172 e. The van der Waals surface area contributed by atoms with E-state index in [1.807, 2.05) is 0 Å². The van der Waals surface area contributed by atoms with Crippen LogP contribution in [-0.2, 0) is 0 Å². The molecule has 2 aromatic rings. The van der Waals surface area contributed by atoms with Crippen molar-refractivity contribution in [3.05, 3.63) is 58.3 Å². The Balaban J connectivity index is 2.35. The predicted octanol–water partition coefficient (Wildman–Crippen LogP) is 4.53. The van der Waals surface area contributed by atoms with Gasteiger partial charge in [-0.3, -0.25) is 0 Å². The van der Waals surface area contributed by atoms with E-state index in [1.54, 1.807) is 11.8 Å². The lowest BCUT2D eigenvalue weighted by Gasteiger charge is -2.03. The lowest BCUT2D eigenvalue weighted by atomic mass is 10.0. The fraction of sp³-hybridized carbons (Fsp3) is 0. The fourth-order valence-electron chi connectivity index (χ4n) is 1.83. The summed E-state index contributed by atoms with van der Waals surface area (Å²) in [5, 5.41) is 6.86. The number of rotatable bonds is 0. The Kier molecular flexibility index (Phi) is 2.11. The monoisotopic (exact) mass is 210 g/mol. The van der Waals surface area contributed by atoms with Gasteiger partial charge in [0.15, 0.2) is 0 Å². The zero-order chi connectivity index (χ0) is 10.1. The molecule has 1 aliphatic rings. The molecule has 0 radical (unpaired) electrons. The first-order valence-corrected chi connectivity index (χ1v) is 5.89. The van der Waals surface area contributed by atoms with Gasteiger partial charge in [0.1, 0.15) is 0 Å². The summed E-state index contributed by atoms with van der Waals surface area (Å²) in [4.78, 5) is 0. The normalized spacial score (nSPS) is 13.9. The summed E-state index contributed by atoms with van der Waals surface area (Å²) >= 11 is 1.72. The van der Waals surface area contributed by atoms with Gasteiger partial charge in [-0.1, -0.05) is 24.3 Å². The molecule has 0 N–H and O–H groups in total. The third-order valence-corrected chi connectivity index (χ3v) is 3.19. The highest BCUT2D eigenvalue weighted by Gasteiger charge is 2.01. The van der Waals surface area contributed by atoms with Crippen LogP contribution in [0.5, 0.6) is 0 Å². The standard InChI is InChI=1S/C14H10S/c1-2-4-12-10-14-6-8-15-7-5-13(14)9-11(12)3-1/h1-10H. The Morgan fingerprint density at radius 1 is 0.733 bits per heavy atom. The molecular weight excluding hydrogens is 200 g/mol. The SMILES string of the molecule is C1=Cc2cc3ccccc3cc2C=CS1. The van der Waals surface area contributed by atoms with E-state index in [9.17, 15) is 0 Å². The average Bonchev–Trinajstić information content (AvgIpc) is 2.50. The zero-order valence-corrected chi connectivity index (χ0v) is 9.00. The highest BCUT2D eigenvalue weighted by Crippen LogP contribution is 2.26. The van der Waals surface area contributed by atoms with Crippen molar-refractivity contribution in [1.82, 2.24) is 0 Å². The molecule has 0 saturated heterocycles. The quantitative estimate of drug-likeness (QED) is 0.615. The van der Waals surface area contributed by atoms with Crippen molar-refractivity contribution in [2.24, 2.45) is 0 Å². The van der Waals surface area contributed by atoms with Gasteiger partial charge in [0.05, 0.1) is 0 Å². The van der Waals surface area contributed by atoms with Gasteiger partial charge in [0.2, 0.25) is 0 Å². The van der Waals surface area contributed by atoms with Gasteiger partial charge in [-0.2, -0.15) is 0 Å². The Labute approximate surface area is 93.3 Å². The van der Waals surface area contributed by atoms with E-state index in [1.165, 1.54) is 21.9 Å². The number of hydrogen-bond donors (Lipinski definition) is 0. The van der Waals surface area contributed by atoms with Gasteiger partial charge >= 0.3 is 0 Å². The van der Waals surface area contributed by atoms with Crippen molar-refractivity contribution in [2.45, 2.75) is 0 Å². The van der Waals surface area contributed by atoms with Crippen molar-refractivity contribution in [3.8, 4) is 0 Å². The lowest BCUT2D eigenvalue weighted by molar-refractivity contribution is 1.67. The minimum atomic E-state index is 1.30. The Bertz CT molecular complexity index is 514. The van der Waals surface area contributed by atoms with Crippen LogP contribution in [0.4, 0.5) is 0 Å². The first-order valence-electron chi connectivity index (χ1n) is 4.95. The number of thioether (sulfide) groups is 1. The van der Waals surface area contributed by atoms with E-state index in [0.29, 0.717) is 0 Å². The maximum absolute atomic E-state index is 2.25. The molecule has 0 bridgehead atoms. The van der Waals surface area contributed by atoms with Gasteiger partial charge in [-0.15, -0.1) is 11.8 Å². The van der Waals surface area contributed by atoms with E-state index in [-0.39, 0.29) is 0 Å². The number of hydrogen-bond acceptors (Lipinski definition) is 1. The van der Waals surface area contributed by atoms with Crippen LogP contribution in [0.1, 0.15) is 11.1 Å². The second-order valence-electron chi connectivity index (χ2n) is 3.57. The summed E-state index contributed by atoms with van der Waals surface area (Å²) in [5.41, 5.74) is 2.60. The molecule has 0 unspecified atom stereocenters. The van der Waals surface area contributed by atoms with Crippen LogP contribution < -0.4 is 0 Å². The van der Waals surface area contributed by atoms with E-state index in [2.05, 4.69) is 59.4 Å². The molecule has 0 aromatic heterocycles. The molecule has 1 aliphatic heterocycles.